The first-order valence-electron chi connectivity index (χ1n) is 7.49. The van der Waals surface area contributed by atoms with E-state index in [-0.39, 0.29) is 17.8 Å². The van der Waals surface area contributed by atoms with Crippen LogP contribution in [0.4, 0.5) is 0 Å². The number of thiazole rings is 1. The maximum atomic E-state index is 12.7. The number of Topliss-reactive ketones (excluding diaryl/α,β-unsaturated/α-hetero) is 1. The number of ketones is 1. The van der Waals surface area contributed by atoms with Crippen molar-refractivity contribution in [1.82, 2.24) is 14.8 Å². The second kappa shape index (κ2) is 7.80. The van der Waals surface area contributed by atoms with Gasteiger partial charge in [0, 0.05) is 33.2 Å². The van der Waals surface area contributed by atoms with Crippen molar-refractivity contribution in [2.24, 2.45) is 0 Å². The van der Waals surface area contributed by atoms with Crippen LogP contribution in [-0.4, -0.2) is 72.9 Å². The average Bonchev–Trinajstić information content (AvgIpc) is 3.13. The molecule has 0 aromatic carbocycles. The summed E-state index contributed by atoms with van der Waals surface area (Å²) in [5, 5.41) is 0.382. The lowest BCUT2D eigenvalue weighted by atomic mass is 10.2. The number of likely N-dealkylation sites (N-methyl/N-ethyl adjacent to an activating group) is 1. The lowest BCUT2D eigenvalue weighted by molar-refractivity contribution is 0.0515. The van der Waals surface area contributed by atoms with Gasteiger partial charge in [-0.1, -0.05) is 0 Å². The van der Waals surface area contributed by atoms with E-state index in [1.807, 2.05) is 23.9 Å². The van der Waals surface area contributed by atoms with E-state index in [0.29, 0.717) is 23.0 Å². The molecule has 2 rings (SSSR count). The molecule has 1 aromatic rings. The number of hydrogen-bond acceptors (Lipinski definition) is 6. The minimum Gasteiger partial charge on any atom is -0.376 e. The van der Waals surface area contributed by atoms with Crippen LogP contribution in [0.1, 0.15) is 39.2 Å². The van der Waals surface area contributed by atoms with Gasteiger partial charge in [-0.3, -0.25) is 9.59 Å². The summed E-state index contributed by atoms with van der Waals surface area (Å²) in [4.78, 5) is 32.4. The summed E-state index contributed by atoms with van der Waals surface area (Å²) >= 11 is 1.16. The predicted octanol–water partition coefficient (Wildman–Crippen LogP) is 1.53. The zero-order valence-electron chi connectivity index (χ0n) is 13.4. The summed E-state index contributed by atoms with van der Waals surface area (Å²) in [6.45, 7) is 4.26. The van der Waals surface area contributed by atoms with E-state index in [0.717, 1.165) is 37.3 Å². The van der Waals surface area contributed by atoms with Crippen LogP contribution in [0, 0.1) is 0 Å². The molecule has 1 atom stereocenters. The molecule has 2 heterocycles. The molecule has 1 aromatic heterocycles. The number of carbonyl (C=O) groups is 2. The van der Waals surface area contributed by atoms with Gasteiger partial charge in [-0.15, -0.1) is 11.3 Å². The summed E-state index contributed by atoms with van der Waals surface area (Å²) in [5.41, 5.74) is 0. The molecule has 7 heteroatoms. The maximum Gasteiger partial charge on any atom is 0.265 e. The quantitative estimate of drug-likeness (QED) is 0.712. The van der Waals surface area contributed by atoms with Crippen LogP contribution in [0.15, 0.2) is 6.20 Å². The van der Waals surface area contributed by atoms with E-state index in [1.54, 1.807) is 0 Å². The monoisotopic (exact) mass is 325 g/mol. The van der Waals surface area contributed by atoms with Gasteiger partial charge >= 0.3 is 0 Å². The molecule has 22 heavy (non-hydrogen) atoms. The minimum atomic E-state index is -0.108. The Kier molecular flexibility index (Phi) is 6.05. The molecule has 0 saturated carbocycles. The van der Waals surface area contributed by atoms with Crippen molar-refractivity contribution in [2.45, 2.75) is 25.9 Å². The standard InChI is InChI=1S/C15H23N3O3S/c1-11(19)14-16-9-13(22-14)15(20)18(7-6-17(2)3)10-12-5-4-8-21-12/h9,12H,4-8,10H2,1-3H3. The summed E-state index contributed by atoms with van der Waals surface area (Å²) < 4.78 is 5.65. The van der Waals surface area contributed by atoms with Gasteiger partial charge in [0.25, 0.3) is 5.91 Å². The molecule has 0 aliphatic carbocycles. The molecule has 1 aliphatic heterocycles. The molecule has 6 nitrogen and oxygen atoms in total. The number of rotatable bonds is 7. The second-order valence-electron chi connectivity index (χ2n) is 5.78. The van der Waals surface area contributed by atoms with Crippen molar-refractivity contribution >= 4 is 23.0 Å². The van der Waals surface area contributed by atoms with E-state index < -0.39 is 0 Å². The Hall–Kier alpha value is -1.31. The van der Waals surface area contributed by atoms with Crippen LogP contribution in [0.25, 0.3) is 0 Å². The van der Waals surface area contributed by atoms with Crippen molar-refractivity contribution in [2.75, 3.05) is 40.3 Å². The third-order valence-electron chi connectivity index (χ3n) is 3.57. The Morgan fingerprint density at radius 3 is 2.73 bits per heavy atom. The second-order valence-corrected chi connectivity index (χ2v) is 6.81. The Morgan fingerprint density at radius 2 is 2.18 bits per heavy atom. The van der Waals surface area contributed by atoms with Crippen LogP contribution in [0.5, 0.6) is 0 Å². The molecule has 1 aliphatic rings. The zero-order valence-corrected chi connectivity index (χ0v) is 14.2. The third kappa shape index (κ3) is 4.59. The van der Waals surface area contributed by atoms with Gasteiger partial charge in [0.1, 0.15) is 4.88 Å². The molecular formula is C15H23N3O3S. The predicted molar refractivity (Wildman–Crippen MR) is 85.6 cm³/mol. The van der Waals surface area contributed by atoms with E-state index in [4.69, 9.17) is 4.74 Å². The SMILES string of the molecule is CC(=O)c1ncc(C(=O)N(CCN(C)C)CC2CCCO2)s1. The summed E-state index contributed by atoms with van der Waals surface area (Å²) in [6, 6.07) is 0. The molecule has 1 unspecified atom stereocenters. The van der Waals surface area contributed by atoms with E-state index in [2.05, 4.69) is 4.98 Å². The van der Waals surface area contributed by atoms with Crippen molar-refractivity contribution in [3.8, 4) is 0 Å². The Balaban J connectivity index is 2.07. The van der Waals surface area contributed by atoms with Crippen LogP contribution in [0.2, 0.25) is 0 Å². The van der Waals surface area contributed by atoms with E-state index >= 15 is 0 Å². The highest BCUT2D eigenvalue weighted by Crippen LogP contribution is 2.18. The zero-order chi connectivity index (χ0) is 16.1. The van der Waals surface area contributed by atoms with Gasteiger partial charge in [0.15, 0.2) is 10.8 Å². The first kappa shape index (κ1) is 17.1. The fraction of sp³-hybridized carbons (Fsp3) is 0.667. The lowest BCUT2D eigenvalue weighted by Crippen LogP contribution is -2.41. The van der Waals surface area contributed by atoms with E-state index in [9.17, 15) is 9.59 Å². The van der Waals surface area contributed by atoms with Gasteiger partial charge in [-0.05, 0) is 26.9 Å². The van der Waals surface area contributed by atoms with Gasteiger partial charge < -0.3 is 14.5 Å². The minimum absolute atomic E-state index is 0.0673. The highest BCUT2D eigenvalue weighted by atomic mass is 32.1. The summed E-state index contributed by atoms with van der Waals surface area (Å²) in [6.07, 6.45) is 3.66. The first-order chi connectivity index (χ1) is 10.5. The fourth-order valence-electron chi connectivity index (χ4n) is 2.32. The largest absolute Gasteiger partial charge is 0.376 e. The smallest absolute Gasteiger partial charge is 0.265 e. The highest BCUT2D eigenvalue weighted by molar-refractivity contribution is 7.15. The summed E-state index contributed by atoms with van der Waals surface area (Å²) in [7, 11) is 3.96. The van der Waals surface area contributed by atoms with Gasteiger partial charge in [0.2, 0.25) is 0 Å². The van der Waals surface area contributed by atoms with Crippen LogP contribution >= 0.6 is 11.3 Å². The Bertz CT molecular complexity index is 524. The van der Waals surface area contributed by atoms with Crippen molar-refractivity contribution < 1.29 is 14.3 Å². The number of amides is 1. The first-order valence-corrected chi connectivity index (χ1v) is 8.31. The highest BCUT2D eigenvalue weighted by Gasteiger charge is 2.25. The third-order valence-corrected chi connectivity index (χ3v) is 4.66. The lowest BCUT2D eigenvalue weighted by Gasteiger charge is -2.26. The molecule has 0 bridgehead atoms. The Labute approximate surface area is 135 Å². The van der Waals surface area contributed by atoms with Gasteiger partial charge in [0.05, 0.1) is 12.3 Å². The van der Waals surface area contributed by atoms with E-state index in [1.165, 1.54) is 13.1 Å². The molecule has 0 radical (unpaired) electrons. The van der Waals surface area contributed by atoms with Gasteiger partial charge in [-0.2, -0.15) is 0 Å². The van der Waals surface area contributed by atoms with Crippen LogP contribution in [0.3, 0.4) is 0 Å². The number of nitrogens with zero attached hydrogens (tertiary/aromatic N) is 3. The number of carbonyl (C=O) groups excluding carboxylic acids is 2. The molecular weight excluding hydrogens is 302 g/mol. The summed E-state index contributed by atoms with van der Waals surface area (Å²) in [5.74, 6) is -0.176. The average molecular weight is 325 g/mol. The Morgan fingerprint density at radius 1 is 1.41 bits per heavy atom. The number of hydrogen-bond donors (Lipinski definition) is 0. The van der Waals surface area contributed by atoms with Crippen molar-refractivity contribution in [3.63, 3.8) is 0 Å². The topological polar surface area (TPSA) is 62.7 Å². The van der Waals surface area contributed by atoms with Crippen molar-refractivity contribution in [1.29, 1.82) is 0 Å². The molecule has 122 valence electrons. The number of ether oxygens (including phenoxy) is 1. The molecule has 1 saturated heterocycles. The molecule has 1 fully saturated rings. The van der Waals surface area contributed by atoms with Crippen molar-refractivity contribution in [3.05, 3.63) is 16.1 Å². The molecule has 0 spiro atoms. The van der Waals surface area contributed by atoms with Crippen LogP contribution < -0.4 is 0 Å². The molecule has 1 amide bonds. The fourth-order valence-corrected chi connectivity index (χ4v) is 3.10. The number of aromatic nitrogens is 1. The maximum absolute atomic E-state index is 12.7. The molecule has 0 N–H and O–H groups in total. The van der Waals surface area contributed by atoms with Gasteiger partial charge in [-0.25, -0.2) is 4.98 Å². The normalized spacial score (nSPS) is 17.9. The van der Waals surface area contributed by atoms with Crippen LogP contribution in [-0.2, 0) is 4.74 Å².